The predicted octanol–water partition coefficient (Wildman–Crippen LogP) is 3.66. The average molecular weight is 524 g/mol. The fraction of sp³-hybridized carbons (Fsp3) is 0.633. The van der Waals surface area contributed by atoms with Crippen LogP contribution in [0.3, 0.4) is 0 Å². The zero-order chi connectivity index (χ0) is 27.0. The minimum atomic E-state index is -1.13. The van der Waals surface area contributed by atoms with Gasteiger partial charge in [0.15, 0.2) is 0 Å². The summed E-state index contributed by atoms with van der Waals surface area (Å²) in [6, 6.07) is 5.08. The van der Waals surface area contributed by atoms with Crippen LogP contribution in [-0.2, 0) is 23.9 Å². The lowest BCUT2D eigenvalue weighted by Crippen LogP contribution is -2.56. The number of anilines is 1. The Balaban J connectivity index is 1.39. The van der Waals surface area contributed by atoms with Gasteiger partial charge in [0.2, 0.25) is 17.7 Å². The smallest absolute Gasteiger partial charge is 0.246 e. The second-order valence-electron chi connectivity index (χ2n) is 11.6. The van der Waals surface area contributed by atoms with Crippen LogP contribution in [0.5, 0.6) is 0 Å². The van der Waals surface area contributed by atoms with E-state index in [0.29, 0.717) is 25.3 Å². The molecule has 0 unspecified atom stereocenters. The number of hydrogen-bond acceptors (Lipinski definition) is 5. The highest BCUT2D eigenvalue weighted by molar-refractivity contribution is 6.02. The molecule has 4 aliphatic rings. The molecule has 0 aromatic heterocycles. The van der Waals surface area contributed by atoms with Crippen molar-refractivity contribution in [1.29, 1.82) is 0 Å². The number of rotatable bonds is 9. The molecule has 1 aromatic rings. The number of ether oxygens (including phenoxy) is 2. The predicted molar refractivity (Wildman–Crippen MR) is 144 cm³/mol. The number of aryl methyl sites for hydroxylation is 2. The van der Waals surface area contributed by atoms with Gasteiger partial charge in [0.1, 0.15) is 11.6 Å². The summed E-state index contributed by atoms with van der Waals surface area (Å²) >= 11 is 0. The summed E-state index contributed by atoms with van der Waals surface area (Å²) in [4.78, 5) is 43.1. The Labute approximate surface area is 225 Å². The largest absolute Gasteiger partial charge is 0.379 e. The molecule has 2 saturated heterocycles. The van der Waals surface area contributed by atoms with E-state index >= 15 is 0 Å². The van der Waals surface area contributed by atoms with Crippen molar-refractivity contribution in [2.45, 2.75) is 96.1 Å². The summed E-state index contributed by atoms with van der Waals surface area (Å²) in [6.45, 7) is 8.84. The quantitative estimate of drug-likeness (QED) is 0.380. The molecule has 0 radical (unpaired) electrons. The van der Waals surface area contributed by atoms with Gasteiger partial charge in [-0.2, -0.15) is 0 Å². The molecule has 3 aliphatic heterocycles. The Kier molecular flexibility index (Phi) is 7.65. The third-order valence-electron chi connectivity index (χ3n) is 8.65. The Bertz CT molecular complexity index is 1110. The van der Waals surface area contributed by atoms with E-state index in [0.717, 1.165) is 36.8 Å². The van der Waals surface area contributed by atoms with Crippen LogP contribution in [0, 0.1) is 25.7 Å². The number of carbonyl (C=O) groups excluding carboxylic acids is 3. The highest BCUT2D eigenvalue weighted by Crippen LogP contribution is 2.55. The van der Waals surface area contributed by atoms with Crippen LogP contribution >= 0.6 is 0 Å². The van der Waals surface area contributed by atoms with E-state index in [1.807, 2.05) is 58.0 Å². The number of amides is 3. The number of nitrogens with zero attached hydrogens (tertiary/aromatic N) is 1. The van der Waals surface area contributed by atoms with Gasteiger partial charge in [0.25, 0.3) is 0 Å². The molecule has 1 saturated carbocycles. The van der Waals surface area contributed by atoms with Crippen LogP contribution < -0.4 is 10.6 Å². The van der Waals surface area contributed by atoms with Crippen molar-refractivity contribution in [3.63, 3.8) is 0 Å². The van der Waals surface area contributed by atoms with E-state index in [-0.39, 0.29) is 29.9 Å². The lowest BCUT2D eigenvalue weighted by molar-refractivity contribution is -0.141. The van der Waals surface area contributed by atoms with Gasteiger partial charge in [-0.1, -0.05) is 37.5 Å². The maximum Gasteiger partial charge on any atom is 0.246 e. The van der Waals surface area contributed by atoms with E-state index < -0.39 is 29.6 Å². The number of fused-ring (bicyclic) bond motifs is 1. The van der Waals surface area contributed by atoms with Crippen molar-refractivity contribution < 1.29 is 23.9 Å². The minimum Gasteiger partial charge on any atom is -0.379 e. The summed E-state index contributed by atoms with van der Waals surface area (Å²) in [5, 5.41) is 6.24. The molecule has 2 bridgehead atoms. The molecule has 5 rings (SSSR count). The molecule has 3 heterocycles. The number of hydrogen-bond donors (Lipinski definition) is 2. The first-order chi connectivity index (χ1) is 18.2. The molecule has 1 aliphatic carbocycles. The molecule has 1 spiro atoms. The fourth-order valence-electron chi connectivity index (χ4n) is 6.63. The van der Waals surface area contributed by atoms with Crippen LogP contribution in [0.4, 0.5) is 5.69 Å². The zero-order valence-electron chi connectivity index (χ0n) is 23.0. The van der Waals surface area contributed by atoms with Crippen molar-refractivity contribution in [2.24, 2.45) is 11.8 Å². The molecule has 8 heteroatoms. The Morgan fingerprint density at radius 1 is 1.13 bits per heavy atom. The third-order valence-corrected chi connectivity index (χ3v) is 8.65. The zero-order valence-corrected chi connectivity index (χ0v) is 23.0. The first-order valence-corrected chi connectivity index (χ1v) is 14.2. The SMILES string of the molecule is Cc1ccc(NC(=O)[C@H]2[C@H]3C=C[C@]4(O3)[C@H](C(=O)NC3CCCCC3)N(CCCOC(C)C)C(=O)[C@@H]24)cc1C. The van der Waals surface area contributed by atoms with Crippen LogP contribution in [0.25, 0.3) is 0 Å². The molecule has 3 fully saturated rings. The second-order valence-corrected chi connectivity index (χ2v) is 11.6. The number of nitrogens with one attached hydrogen (secondary N) is 2. The van der Waals surface area contributed by atoms with Crippen molar-refractivity contribution in [1.82, 2.24) is 10.2 Å². The molecular formula is C30H41N3O5. The average Bonchev–Trinajstić information content (AvgIpc) is 3.52. The molecule has 2 N–H and O–H groups in total. The first kappa shape index (κ1) is 26.9. The Hall–Kier alpha value is -2.71. The van der Waals surface area contributed by atoms with E-state index in [9.17, 15) is 14.4 Å². The summed E-state index contributed by atoms with van der Waals surface area (Å²) in [7, 11) is 0. The number of benzene rings is 1. The van der Waals surface area contributed by atoms with Crippen LogP contribution in [0.15, 0.2) is 30.4 Å². The van der Waals surface area contributed by atoms with Crippen molar-refractivity contribution >= 4 is 23.4 Å². The third kappa shape index (κ3) is 4.89. The van der Waals surface area contributed by atoms with E-state index in [2.05, 4.69) is 10.6 Å². The number of carbonyl (C=O) groups is 3. The van der Waals surface area contributed by atoms with Gasteiger partial charge in [-0.3, -0.25) is 14.4 Å². The molecular weight excluding hydrogens is 482 g/mol. The topological polar surface area (TPSA) is 97.0 Å². The van der Waals surface area contributed by atoms with Crippen LogP contribution in [0.2, 0.25) is 0 Å². The molecule has 3 amide bonds. The van der Waals surface area contributed by atoms with Crippen LogP contribution in [0.1, 0.15) is 63.5 Å². The van der Waals surface area contributed by atoms with E-state index in [1.54, 1.807) is 4.90 Å². The maximum absolute atomic E-state index is 14.0. The fourth-order valence-corrected chi connectivity index (χ4v) is 6.63. The monoisotopic (exact) mass is 523 g/mol. The lowest BCUT2D eigenvalue weighted by atomic mass is 9.74. The summed E-state index contributed by atoms with van der Waals surface area (Å²) in [5.41, 5.74) is 1.78. The van der Waals surface area contributed by atoms with Crippen LogP contribution in [-0.4, -0.2) is 65.7 Å². The number of likely N-dealkylation sites (tertiary alicyclic amines) is 1. The van der Waals surface area contributed by atoms with Gasteiger partial charge in [-0.15, -0.1) is 0 Å². The van der Waals surface area contributed by atoms with Gasteiger partial charge < -0.3 is 25.0 Å². The van der Waals surface area contributed by atoms with Crippen molar-refractivity contribution in [3.8, 4) is 0 Å². The first-order valence-electron chi connectivity index (χ1n) is 14.2. The normalized spacial score (nSPS) is 30.2. The highest BCUT2D eigenvalue weighted by atomic mass is 16.5. The molecule has 206 valence electrons. The van der Waals surface area contributed by atoms with E-state index in [4.69, 9.17) is 9.47 Å². The standard InChI is InChI=1S/C30H41N3O5/c1-18(2)37-16-8-15-33-26(28(35)31-21-9-6-5-7-10-21)30-14-13-23(38-30)24(25(30)29(33)36)27(34)32-22-12-11-19(3)20(4)17-22/h11-14,17-18,21,23-26H,5-10,15-16H2,1-4H3,(H,31,35)(H,32,34)/t23-,24+,25-,26+,30-/m1/s1. The highest BCUT2D eigenvalue weighted by Gasteiger charge is 2.72. The van der Waals surface area contributed by atoms with Gasteiger partial charge in [0.05, 0.1) is 24.0 Å². The molecule has 1 aromatic carbocycles. The van der Waals surface area contributed by atoms with E-state index in [1.165, 1.54) is 6.42 Å². The second kappa shape index (κ2) is 10.8. The maximum atomic E-state index is 14.0. The summed E-state index contributed by atoms with van der Waals surface area (Å²) in [5.74, 6) is -2.06. The summed E-state index contributed by atoms with van der Waals surface area (Å²) in [6.07, 6.45) is 9.17. The van der Waals surface area contributed by atoms with Gasteiger partial charge in [-0.05, 0) is 70.2 Å². The lowest BCUT2D eigenvalue weighted by Gasteiger charge is -2.34. The molecule has 8 nitrogen and oxygen atoms in total. The van der Waals surface area contributed by atoms with Crippen molar-refractivity contribution in [3.05, 3.63) is 41.5 Å². The molecule has 38 heavy (non-hydrogen) atoms. The van der Waals surface area contributed by atoms with Gasteiger partial charge in [0, 0.05) is 24.9 Å². The van der Waals surface area contributed by atoms with Crippen molar-refractivity contribution in [2.75, 3.05) is 18.5 Å². The van der Waals surface area contributed by atoms with Gasteiger partial charge in [-0.25, -0.2) is 0 Å². The molecule has 5 atom stereocenters. The van der Waals surface area contributed by atoms with Gasteiger partial charge >= 0.3 is 0 Å². The Morgan fingerprint density at radius 2 is 1.89 bits per heavy atom. The minimum absolute atomic E-state index is 0.0907. The Morgan fingerprint density at radius 3 is 2.61 bits per heavy atom. The summed E-state index contributed by atoms with van der Waals surface area (Å²) < 4.78 is 12.1.